The molecule has 6 nitrogen and oxygen atoms in total. The largest absolute Gasteiger partial charge is 0.493 e. The highest BCUT2D eigenvalue weighted by Crippen LogP contribution is 2.36. The smallest absolute Gasteiger partial charge is 0.274 e. The zero-order valence-electron chi connectivity index (χ0n) is 20.9. The number of hydrogen-bond acceptors (Lipinski definition) is 6. The summed E-state index contributed by atoms with van der Waals surface area (Å²) in [6.07, 6.45) is 2.89. The lowest BCUT2D eigenvalue weighted by atomic mass is 9.99. The van der Waals surface area contributed by atoms with Crippen molar-refractivity contribution in [3.63, 3.8) is 0 Å². The molecule has 2 heterocycles. The predicted molar refractivity (Wildman–Crippen MR) is 150 cm³/mol. The zero-order valence-corrected chi connectivity index (χ0v) is 22.4. The van der Waals surface area contributed by atoms with Crippen LogP contribution in [-0.2, 0) is 0 Å². The van der Waals surface area contributed by atoms with Crippen LogP contribution in [0.5, 0.6) is 17.2 Å². The molecular weight excluding hydrogens is 508 g/mol. The van der Waals surface area contributed by atoms with Gasteiger partial charge in [0.05, 0.1) is 27.7 Å². The summed E-state index contributed by atoms with van der Waals surface area (Å²) < 4.78 is 19.5. The van der Waals surface area contributed by atoms with E-state index in [0.717, 1.165) is 28.8 Å². The Morgan fingerprint density at radius 1 is 1.08 bits per heavy atom. The molecular formula is C29H27ClN2O4S. The van der Waals surface area contributed by atoms with Crippen LogP contribution in [-0.4, -0.2) is 29.7 Å². The fraction of sp³-hybridized carbons (Fsp3) is 0.241. The number of para-hydroxylation sites is 2. The van der Waals surface area contributed by atoms with E-state index in [1.54, 1.807) is 29.7 Å². The molecule has 0 amide bonds. The van der Waals surface area contributed by atoms with Gasteiger partial charge in [0, 0.05) is 0 Å². The van der Waals surface area contributed by atoms with E-state index in [2.05, 4.69) is 31.0 Å². The molecule has 37 heavy (non-hydrogen) atoms. The van der Waals surface area contributed by atoms with Crippen LogP contribution in [0.3, 0.4) is 0 Å². The Morgan fingerprint density at radius 3 is 2.59 bits per heavy atom. The Kier molecular flexibility index (Phi) is 7.35. The number of ether oxygens (including phenoxy) is 3. The van der Waals surface area contributed by atoms with Crippen molar-refractivity contribution in [2.24, 2.45) is 0 Å². The van der Waals surface area contributed by atoms with Gasteiger partial charge in [-0.15, -0.1) is 0 Å². The van der Waals surface area contributed by atoms with Gasteiger partial charge in [-0.2, -0.15) is 0 Å². The first kappa shape index (κ1) is 25.1. The van der Waals surface area contributed by atoms with Crippen LogP contribution in [0.2, 0.25) is 5.02 Å². The third-order valence-corrected chi connectivity index (χ3v) is 7.60. The van der Waals surface area contributed by atoms with E-state index in [4.69, 9.17) is 25.8 Å². The predicted octanol–water partition coefficient (Wildman–Crippen LogP) is 6.09. The van der Waals surface area contributed by atoms with Gasteiger partial charge >= 0.3 is 0 Å². The number of imidazole rings is 1. The molecule has 5 aromatic rings. The Morgan fingerprint density at radius 2 is 1.84 bits per heavy atom. The molecule has 0 N–H and O–H groups in total. The first-order chi connectivity index (χ1) is 18.0. The molecule has 0 saturated carbocycles. The second-order valence-electron chi connectivity index (χ2n) is 8.74. The van der Waals surface area contributed by atoms with Gasteiger partial charge in [-0.3, -0.25) is 4.79 Å². The van der Waals surface area contributed by atoms with Gasteiger partial charge in [0.2, 0.25) is 0 Å². The Labute approximate surface area is 223 Å². The summed E-state index contributed by atoms with van der Waals surface area (Å²) in [6, 6.07) is 19.3. The van der Waals surface area contributed by atoms with Crippen LogP contribution in [0.1, 0.15) is 37.3 Å². The van der Waals surface area contributed by atoms with Crippen LogP contribution < -0.4 is 24.3 Å². The molecule has 0 radical (unpaired) electrons. The van der Waals surface area contributed by atoms with Crippen molar-refractivity contribution in [3.05, 3.63) is 91.7 Å². The summed E-state index contributed by atoms with van der Waals surface area (Å²) in [5.41, 5.74) is 3.52. The van der Waals surface area contributed by atoms with Crippen LogP contribution in [0, 0.1) is 0 Å². The quantitative estimate of drug-likeness (QED) is 0.214. The molecule has 0 aliphatic carbocycles. The van der Waals surface area contributed by atoms with Crippen LogP contribution in [0.4, 0.5) is 0 Å². The molecule has 3 aromatic carbocycles. The molecule has 0 aliphatic rings. The highest BCUT2D eigenvalue weighted by molar-refractivity contribution is 7.15. The second kappa shape index (κ2) is 10.8. The van der Waals surface area contributed by atoms with E-state index >= 15 is 0 Å². The molecule has 2 aromatic heterocycles. The van der Waals surface area contributed by atoms with Gasteiger partial charge in [-0.25, -0.2) is 9.38 Å². The third-order valence-electron chi connectivity index (χ3n) is 6.35. The first-order valence-corrected chi connectivity index (χ1v) is 13.3. The number of nitrogens with zero attached hydrogens (tertiary/aromatic N) is 2. The number of thiazole rings is 1. The van der Waals surface area contributed by atoms with Gasteiger partial charge in [0.25, 0.3) is 5.56 Å². The maximum atomic E-state index is 13.1. The van der Waals surface area contributed by atoms with Crippen molar-refractivity contribution in [1.29, 1.82) is 0 Å². The number of benzene rings is 3. The maximum absolute atomic E-state index is 13.1. The van der Waals surface area contributed by atoms with Crippen molar-refractivity contribution in [1.82, 2.24) is 9.38 Å². The second-order valence-corrected chi connectivity index (χ2v) is 10.2. The molecule has 8 heteroatoms. The summed E-state index contributed by atoms with van der Waals surface area (Å²) in [7, 11) is 1.56. The number of methoxy groups -OCH3 is 1. The van der Waals surface area contributed by atoms with Crippen molar-refractivity contribution in [2.75, 3.05) is 20.3 Å². The van der Waals surface area contributed by atoms with Gasteiger partial charge in [-0.05, 0) is 65.9 Å². The average molecular weight is 535 g/mol. The summed E-state index contributed by atoms with van der Waals surface area (Å²) in [5, 5.41) is 0.391. The lowest BCUT2D eigenvalue weighted by Crippen LogP contribution is -2.22. The lowest BCUT2D eigenvalue weighted by Gasteiger charge is -2.14. The van der Waals surface area contributed by atoms with Crippen LogP contribution in [0.25, 0.3) is 22.1 Å². The zero-order chi connectivity index (χ0) is 25.9. The number of hydrogen-bond donors (Lipinski definition) is 0. The molecule has 0 saturated heterocycles. The topological polar surface area (TPSA) is 62.1 Å². The number of halogens is 1. The first-order valence-electron chi connectivity index (χ1n) is 12.1. The Bertz CT molecular complexity index is 1660. The van der Waals surface area contributed by atoms with Gasteiger partial charge in [0.1, 0.15) is 19.0 Å². The molecule has 1 unspecified atom stereocenters. The minimum atomic E-state index is -0.113. The molecule has 0 bridgehead atoms. The molecule has 0 spiro atoms. The summed E-state index contributed by atoms with van der Waals surface area (Å²) >= 11 is 7.89. The van der Waals surface area contributed by atoms with Crippen molar-refractivity contribution in [3.8, 4) is 17.2 Å². The highest BCUT2D eigenvalue weighted by Gasteiger charge is 2.14. The Hall–Kier alpha value is -3.55. The van der Waals surface area contributed by atoms with Crippen LogP contribution >= 0.6 is 22.9 Å². The van der Waals surface area contributed by atoms with E-state index in [0.29, 0.717) is 45.1 Å². The molecule has 0 aliphatic heterocycles. The number of fused-ring (bicyclic) bond motifs is 3. The SMILES string of the molecule is CCC(C)c1ccc(OCCOc2c(Cl)cc(/C=c3\sc4nc5ccccc5n4c3=O)cc2OC)cc1. The van der Waals surface area contributed by atoms with Crippen molar-refractivity contribution >= 4 is 45.0 Å². The lowest BCUT2D eigenvalue weighted by molar-refractivity contribution is 0.211. The summed E-state index contributed by atoms with van der Waals surface area (Å²) in [6.45, 7) is 5.05. The molecule has 0 fully saturated rings. The normalized spacial score (nSPS) is 12.8. The standard InChI is InChI=1S/C29H27ClN2O4S/c1-4-18(2)20-9-11-21(12-10-20)35-13-14-36-27-22(30)15-19(16-25(27)34-3)17-26-28(33)32-24-8-6-5-7-23(24)31-29(32)37-26/h5-12,15-18H,4,13-14H2,1-3H3/b26-17-. The minimum Gasteiger partial charge on any atom is -0.493 e. The van der Waals surface area contributed by atoms with Gasteiger partial charge in [-0.1, -0.05) is 61.1 Å². The van der Waals surface area contributed by atoms with Gasteiger partial charge in [0.15, 0.2) is 16.5 Å². The van der Waals surface area contributed by atoms with Crippen LogP contribution in [0.15, 0.2) is 65.5 Å². The molecule has 190 valence electrons. The van der Waals surface area contributed by atoms with E-state index in [-0.39, 0.29) is 5.56 Å². The van der Waals surface area contributed by atoms with Gasteiger partial charge < -0.3 is 14.2 Å². The fourth-order valence-corrected chi connectivity index (χ4v) is 5.42. The molecule has 5 rings (SSSR count). The fourth-order valence-electron chi connectivity index (χ4n) is 4.16. The monoisotopic (exact) mass is 534 g/mol. The highest BCUT2D eigenvalue weighted by atomic mass is 35.5. The molecule has 1 atom stereocenters. The summed E-state index contributed by atoms with van der Waals surface area (Å²) in [4.78, 5) is 18.3. The number of rotatable bonds is 9. The number of aromatic nitrogens is 2. The van der Waals surface area contributed by atoms with Crippen molar-refractivity contribution < 1.29 is 14.2 Å². The van der Waals surface area contributed by atoms with E-state index < -0.39 is 0 Å². The van der Waals surface area contributed by atoms with E-state index in [1.165, 1.54) is 16.9 Å². The average Bonchev–Trinajstić information content (AvgIpc) is 3.42. The Balaban J connectivity index is 1.31. The summed E-state index contributed by atoms with van der Waals surface area (Å²) in [5.74, 6) is 2.24. The minimum absolute atomic E-state index is 0.113. The van der Waals surface area contributed by atoms with E-state index in [9.17, 15) is 4.79 Å². The maximum Gasteiger partial charge on any atom is 0.274 e. The van der Waals surface area contributed by atoms with E-state index in [1.807, 2.05) is 36.4 Å². The van der Waals surface area contributed by atoms with Crippen molar-refractivity contribution in [2.45, 2.75) is 26.2 Å². The third kappa shape index (κ3) is 5.15.